The summed E-state index contributed by atoms with van der Waals surface area (Å²) in [6.45, 7) is 4.80. The summed E-state index contributed by atoms with van der Waals surface area (Å²) in [5.74, 6) is 1.30. The smallest absolute Gasteiger partial charge is 0.229 e. The molecule has 26 heavy (non-hydrogen) atoms. The summed E-state index contributed by atoms with van der Waals surface area (Å²) < 4.78 is 8.87. The number of aryl methyl sites for hydroxylation is 2. The summed E-state index contributed by atoms with van der Waals surface area (Å²) >= 11 is 0. The van der Waals surface area contributed by atoms with Crippen molar-refractivity contribution in [1.82, 2.24) is 29.5 Å². The second-order valence-corrected chi connectivity index (χ2v) is 5.84. The predicted molar refractivity (Wildman–Crippen MR) is 99.1 cm³/mol. The van der Waals surface area contributed by atoms with E-state index < -0.39 is 0 Å². The Morgan fingerprint density at radius 1 is 1.15 bits per heavy atom. The number of anilines is 2. The Labute approximate surface area is 150 Å². The molecule has 0 amide bonds. The average Bonchev–Trinajstić information content (AvgIpc) is 3.26. The highest BCUT2D eigenvalue weighted by Crippen LogP contribution is 2.23. The lowest BCUT2D eigenvalue weighted by atomic mass is 10.3. The van der Waals surface area contributed by atoms with Gasteiger partial charge in [0, 0.05) is 18.9 Å². The van der Waals surface area contributed by atoms with Crippen molar-refractivity contribution in [2.45, 2.75) is 20.4 Å². The molecule has 0 aliphatic heterocycles. The van der Waals surface area contributed by atoms with Gasteiger partial charge >= 0.3 is 0 Å². The van der Waals surface area contributed by atoms with Crippen LogP contribution in [0.3, 0.4) is 0 Å². The average molecular weight is 349 g/mol. The lowest BCUT2D eigenvalue weighted by Crippen LogP contribution is -2.01. The van der Waals surface area contributed by atoms with Crippen LogP contribution in [0.4, 0.5) is 11.6 Å². The van der Waals surface area contributed by atoms with Crippen molar-refractivity contribution in [3.05, 3.63) is 48.5 Å². The Bertz CT molecular complexity index is 1050. The Morgan fingerprint density at radius 2 is 1.96 bits per heavy atom. The standard InChI is InChI=1S/C18H19N7O/c1-4-24-11-13(9-20-24)21-18-19-10-16-12(2)23-25(17(16)22-18)14-5-7-15(26-3)8-6-14/h5-11H,4H2,1-3H3,(H,19,21,22). The van der Waals surface area contributed by atoms with Gasteiger partial charge in [0.2, 0.25) is 5.95 Å². The fourth-order valence-corrected chi connectivity index (χ4v) is 2.73. The van der Waals surface area contributed by atoms with Crippen molar-refractivity contribution in [1.29, 1.82) is 0 Å². The van der Waals surface area contributed by atoms with Crippen molar-refractivity contribution in [3.63, 3.8) is 0 Å². The number of nitrogens with one attached hydrogen (secondary N) is 1. The summed E-state index contributed by atoms with van der Waals surface area (Å²) in [5.41, 5.74) is 3.38. The van der Waals surface area contributed by atoms with E-state index in [9.17, 15) is 0 Å². The summed E-state index contributed by atoms with van der Waals surface area (Å²) in [5, 5.41) is 13.0. The van der Waals surface area contributed by atoms with Gasteiger partial charge in [0.1, 0.15) is 5.75 Å². The molecule has 4 rings (SSSR count). The van der Waals surface area contributed by atoms with Gasteiger partial charge in [-0.1, -0.05) is 0 Å². The monoisotopic (exact) mass is 349 g/mol. The van der Waals surface area contributed by atoms with Gasteiger partial charge in [-0.2, -0.15) is 15.2 Å². The van der Waals surface area contributed by atoms with Gasteiger partial charge in [-0.3, -0.25) is 4.68 Å². The van der Waals surface area contributed by atoms with Crippen LogP contribution in [0.15, 0.2) is 42.9 Å². The minimum atomic E-state index is 0.503. The van der Waals surface area contributed by atoms with Gasteiger partial charge in [-0.05, 0) is 38.1 Å². The zero-order chi connectivity index (χ0) is 18.1. The van der Waals surface area contributed by atoms with Gasteiger partial charge in [0.05, 0.1) is 35.8 Å². The van der Waals surface area contributed by atoms with E-state index in [1.54, 1.807) is 19.5 Å². The molecule has 0 radical (unpaired) electrons. The van der Waals surface area contributed by atoms with Crippen LogP contribution in [-0.4, -0.2) is 36.6 Å². The minimum Gasteiger partial charge on any atom is -0.497 e. The minimum absolute atomic E-state index is 0.503. The normalized spacial score (nSPS) is 11.0. The summed E-state index contributed by atoms with van der Waals surface area (Å²) in [4.78, 5) is 9.06. The topological polar surface area (TPSA) is 82.7 Å². The van der Waals surface area contributed by atoms with Gasteiger partial charge in [0.15, 0.2) is 5.65 Å². The molecule has 0 aliphatic carbocycles. The second kappa shape index (κ2) is 6.47. The number of rotatable bonds is 5. The molecule has 0 bridgehead atoms. The van der Waals surface area contributed by atoms with Crippen molar-refractivity contribution < 1.29 is 4.74 Å². The lowest BCUT2D eigenvalue weighted by Gasteiger charge is -2.06. The highest BCUT2D eigenvalue weighted by Gasteiger charge is 2.13. The zero-order valence-electron chi connectivity index (χ0n) is 14.8. The van der Waals surface area contributed by atoms with E-state index in [1.807, 2.05) is 53.7 Å². The third-order valence-corrected chi connectivity index (χ3v) is 4.14. The molecule has 0 spiro atoms. The van der Waals surface area contributed by atoms with E-state index in [-0.39, 0.29) is 0 Å². The van der Waals surface area contributed by atoms with E-state index >= 15 is 0 Å². The number of aromatic nitrogens is 6. The highest BCUT2D eigenvalue weighted by molar-refractivity contribution is 5.80. The van der Waals surface area contributed by atoms with Crippen molar-refractivity contribution in [2.75, 3.05) is 12.4 Å². The molecule has 1 aromatic carbocycles. The summed E-state index contributed by atoms with van der Waals surface area (Å²) in [7, 11) is 1.65. The number of hydrogen-bond acceptors (Lipinski definition) is 6. The maximum absolute atomic E-state index is 5.22. The molecule has 0 saturated heterocycles. The molecular weight excluding hydrogens is 330 g/mol. The fourth-order valence-electron chi connectivity index (χ4n) is 2.73. The first-order valence-electron chi connectivity index (χ1n) is 8.34. The third-order valence-electron chi connectivity index (χ3n) is 4.14. The maximum atomic E-state index is 5.22. The molecule has 0 saturated carbocycles. The van der Waals surface area contributed by atoms with Crippen LogP contribution < -0.4 is 10.1 Å². The Morgan fingerprint density at radius 3 is 2.65 bits per heavy atom. The molecule has 0 aliphatic rings. The number of nitrogens with zero attached hydrogens (tertiary/aromatic N) is 6. The van der Waals surface area contributed by atoms with Crippen LogP contribution in [-0.2, 0) is 6.54 Å². The first-order chi connectivity index (χ1) is 12.7. The fraction of sp³-hybridized carbons (Fsp3) is 0.222. The maximum Gasteiger partial charge on any atom is 0.229 e. The van der Waals surface area contributed by atoms with E-state index in [0.717, 1.165) is 40.4 Å². The second-order valence-electron chi connectivity index (χ2n) is 5.84. The van der Waals surface area contributed by atoms with Crippen LogP contribution in [0.5, 0.6) is 5.75 Å². The molecular formula is C18H19N7O. The quantitative estimate of drug-likeness (QED) is 0.596. The number of methoxy groups -OCH3 is 1. The third kappa shape index (κ3) is 2.85. The highest BCUT2D eigenvalue weighted by atomic mass is 16.5. The van der Waals surface area contributed by atoms with E-state index in [2.05, 4.69) is 25.5 Å². The summed E-state index contributed by atoms with van der Waals surface area (Å²) in [6.07, 6.45) is 5.46. The Hall–Kier alpha value is -3.42. The number of benzene rings is 1. The SMILES string of the molecule is CCn1cc(Nc2ncc3c(C)nn(-c4ccc(OC)cc4)c3n2)cn1. The molecule has 1 N–H and O–H groups in total. The van der Waals surface area contributed by atoms with Crippen molar-refractivity contribution in [3.8, 4) is 11.4 Å². The Kier molecular flexibility index (Phi) is 4.00. The largest absolute Gasteiger partial charge is 0.497 e. The van der Waals surface area contributed by atoms with Crippen LogP contribution in [0, 0.1) is 6.92 Å². The molecule has 8 heteroatoms. The van der Waals surface area contributed by atoms with E-state index in [4.69, 9.17) is 4.74 Å². The molecule has 0 atom stereocenters. The molecule has 3 aromatic heterocycles. The number of hydrogen-bond donors (Lipinski definition) is 1. The van der Waals surface area contributed by atoms with E-state index in [1.165, 1.54) is 0 Å². The molecule has 4 aromatic rings. The van der Waals surface area contributed by atoms with Gasteiger partial charge in [0.25, 0.3) is 0 Å². The van der Waals surface area contributed by atoms with Gasteiger partial charge in [-0.25, -0.2) is 9.67 Å². The number of fused-ring (bicyclic) bond motifs is 1. The predicted octanol–water partition coefficient (Wildman–Crippen LogP) is 3.09. The number of ether oxygens (including phenoxy) is 1. The van der Waals surface area contributed by atoms with Gasteiger partial charge in [-0.15, -0.1) is 0 Å². The first-order valence-corrected chi connectivity index (χ1v) is 8.34. The van der Waals surface area contributed by atoms with Crippen molar-refractivity contribution in [2.24, 2.45) is 0 Å². The first kappa shape index (κ1) is 16.1. The van der Waals surface area contributed by atoms with Crippen LogP contribution in [0.25, 0.3) is 16.7 Å². The zero-order valence-corrected chi connectivity index (χ0v) is 14.8. The van der Waals surface area contributed by atoms with Crippen LogP contribution in [0.2, 0.25) is 0 Å². The van der Waals surface area contributed by atoms with Crippen LogP contribution >= 0.6 is 0 Å². The lowest BCUT2D eigenvalue weighted by molar-refractivity contribution is 0.414. The van der Waals surface area contributed by atoms with Crippen molar-refractivity contribution >= 4 is 22.7 Å². The molecule has 0 fully saturated rings. The molecule has 0 unspecified atom stereocenters. The summed E-state index contributed by atoms with van der Waals surface area (Å²) in [6, 6.07) is 7.70. The van der Waals surface area contributed by atoms with E-state index in [0.29, 0.717) is 5.95 Å². The molecule has 8 nitrogen and oxygen atoms in total. The molecule has 132 valence electrons. The Balaban J connectivity index is 1.73. The van der Waals surface area contributed by atoms with Crippen LogP contribution in [0.1, 0.15) is 12.6 Å². The van der Waals surface area contributed by atoms with Gasteiger partial charge < -0.3 is 10.1 Å². The molecule has 3 heterocycles.